The molecule has 0 aromatic heterocycles. The Hall–Kier alpha value is -1.30. The summed E-state index contributed by atoms with van der Waals surface area (Å²) in [5.74, 6) is 1.20. The van der Waals surface area contributed by atoms with Gasteiger partial charge < -0.3 is 24.6 Å². The summed E-state index contributed by atoms with van der Waals surface area (Å²) in [5, 5.41) is 13.0. The van der Waals surface area contributed by atoms with Crippen molar-refractivity contribution in [2.24, 2.45) is 0 Å². The molecule has 1 atom stereocenters. The lowest BCUT2D eigenvalue weighted by molar-refractivity contribution is 0.167. The summed E-state index contributed by atoms with van der Waals surface area (Å²) < 4.78 is 15.7. The summed E-state index contributed by atoms with van der Waals surface area (Å²) in [6.45, 7) is 0.894. The van der Waals surface area contributed by atoms with Gasteiger partial charge in [-0.05, 0) is 24.7 Å². The summed E-state index contributed by atoms with van der Waals surface area (Å²) in [6, 6.07) is 3.69. The van der Waals surface area contributed by atoms with Crippen molar-refractivity contribution in [1.82, 2.24) is 5.32 Å². The van der Waals surface area contributed by atoms with E-state index in [0.717, 1.165) is 5.56 Å². The van der Waals surface area contributed by atoms with Crippen molar-refractivity contribution in [2.75, 3.05) is 34.9 Å². The van der Waals surface area contributed by atoms with E-state index in [4.69, 9.17) is 14.2 Å². The second kappa shape index (κ2) is 7.20. The minimum Gasteiger partial charge on any atom is -0.496 e. The third-order valence-corrected chi connectivity index (χ3v) is 2.65. The molecule has 2 N–H and O–H groups in total. The quantitative estimate of drug-likeness (QED) is 0.764. The van der Waals surface area contributed by atoms with Crippen LogP contribution in [0.2, 0.25) is 0 Å². The summed E-state index contributed by atoms with van der Waals surface area (Å²) in [4.78, 5) is 0. The van der Waals surface area contributed by atoms with Crippen molar-refractivity contribution in [3.63, 3.8) is 0 Å². The van der Waals surface area contributed by atoms with Gasteiger partial charge in [0.15, 0.2) is 0 Å². The van der Waals surface area contributed by atoms with Crippen molar-refractivity contribution in [2.45, 2.75) is 12.7 Å². The molecule has 0 fully saturated rings. The van der Waals surface area contributed by atoms with Gasteiger partial charge in [0.1, 0.15) is 11.5 Å². The second-order valence-electron chi connectivity index (χ2n) is 3.92. The fourth-order valence-electron chi connectivity index (χ4n) is 1.87. The van der Waals surface area contributed by atoms with Gasteiger partial charge in [0.25, 0.3) is 0 Å². The lowest BCUT2D eigenvalue weighted by Crippen LogP contribution is -2.18. The molecule has 1 rings (SSSR count). The number of methoxy groups -OCH3 is 3. The van der Waals surface area contributed by atoms with Gasteiger partial charge in [0.2, 0.25) is 0 Å². The lowest BCUT2D eigenvalue weighted by atomic mass is 10.0. The molecule has 1 aromatic carbocycles. The molecule has 0 aliphatic carbocycles. The maximum absolute atomic E-state index is 10.1. The molecule has 1 aromatic rings. The van der Waals surface area contributed by atoms with Crippen molar-refractivity contribution >= 4 is 0 Å². The SMILES string of the molecule is CNCC(O)c1c(OC)cc(COC)cc1OC. The van der Waals surface area contributed by atoms with Gasteiger partial charge in [0.05, 0.1) is 32.5 Å². The van der Waals surface area contributed by atoms with Crippen molar-refractivity contribution in [3.05, 3.63) is 23.3 Å². The smallest absolute Gasteiger partial charge is 0.128 e. The van der Waals surface area contributed by atoms with Gasteiger partial charge in [-0.15, -0.1) is 0 Å². The van der Waals surface area contributed by atoms with E-state index >= 15 is 0 Å². The van der Waals surface area contributed by atoms with Crippen molar-refractivity contribution in [1.29, 1.82) is 0 Å². The van der Waals surface area contributed by atoms with Crippen LogP contribution in [0.1, 0.15) is 17.2 Å². The zero-order chi connectivity index (χ0) is 13.5. The van der Waals surface area contributed by atoms with Crippen LogP contribution < -0.4 is 14.8 Å². The molecule has 1 unspecified atom stereocenters. The minimum absolute atomic E-state index is 0.427. The van der Waals surface area contributed by atoms with E-state index in [9.17, 15) is 5.11 Å². The minimum atomic E-state index is -0.684. The molecule has 0 saturated carbocycles. The number of aliphatic hydroxyl groups excluding tert-OH is 1. The topological polar surface area (TPSA) is 60.0 Å². The normalized spacial score (nSPS) is 12.3. The molecule has 5 heteroatoms. The van der Waals surface area contributed by atoms with Crippen LogP contribution >= 0.6 is 0 Å². The first kappa shape index (κ1) is 14.8. The Morgan fingerprint density at radius 3 is 2.11 bits per heavy atom. The van der Waals surface area contributed by atoms with Crippen LogP contribution in [-0.4, -0.2) is 40.0 Å². The third kappa shape index (κ3) is 3.35. The van der Waals surface area contributed by atoms with E-state index in [-0.39, 0.29) is 0 Å². The zero-order valence-corrected chi connectivity index (χ0v) is 11.3. The molecule has 0 spiro atoms. The largest absolute Gasteiger partial charge is 0.496 e. The maximum Gasteiger partial charge on any atom is 0.128 e. The first-order valence-corrected chi connectivity index (χ1v) is 5.74. The molecule has 0 heterocycles. The number of hydrogen-bond acceptors (Lipinski definition) is 5. The Kier molecular flexibility index (Phi) is 5.91. The Morgan fingerprint density at radius 2 is 1.72 bits per heavy atom. The van der Waals surface area contributed by atoms with Gasteiger partial charge in [-0.1, -0.05) is 0 Å². The van der Waals surface area contributed by atoms with Gasteiger partial charge in [-0.3, -0.25) is 0 Å². The Morgan fingerprint density at radius 1 is 1.17 bits per heavy atom. The molecule has 0 radical (unpaired) electrons. The van der Waals surface area contributed by atoms with E-state index in [1.807, 2.05) is 12.1 Å². The van der Waals surface area contributed by atoms with E-state index in [2.05, 4.69) is 5.32 Å². The average Bonchev–Trinajstić information content (AvgIpc) is 2.38. The highest BCUT2D eigenvalue weighted by molar-refractivity contribution is 5.49. The molecule has 0 amide bonds. The standard InChI is InChI=1S/C13H21NO4/c1-14-7-10(15)13-11(17-3)5-9(8-16-2)6-12(13)18-4/h5-6,10,14-15H,7-8H2,1-4H3. The first-order chi connectivity index (χ1) is 8.67. The highest BCUT2D eigenvalue weighted by atomic mass is 16.5. The third-order valence-electron chi connectivity index (χ3n) is 2.65. The Labute approximate surface area is 108 Å². The predicted octanol–water partition coefficient (Wildman–Crippen LogP) is 1.10. The molecule has 0 saturated heterocycles. The fraction of sp³-hybridized carbons (Fsp3) is 0.538. The molecular weight excluding hydrogens is 234 g/mol. The summed E-state index contributed by atoms with van der Waals surface area (Å²) in [6.07, 6.45) is -0.684. The lowest BCUT2D eigenvalue weighted by Gasteiger charge is -2.19. The number of rotatable bonds is 7. The Balaban J connectivity index is 3.20. The highest BCUT2D eigenvalue weighted by Gasteiger charge is 2.19. The molecule has 102 valence electrons. The molecule has 0 aliphatic heterocycles. The predicted molar refractivity (Wildman–Crippen MR) is 69.1 cm³/mol. The molecule has 18 heavy (non-hydrogen) atoms. The molecule has 0 aliphatic rings. The maximum atomic E-state index is 10.1. The second-order valence-corrected chi connectivity index (χ2v) is 3.92. The van der Waals surface area contributed by atoms with Crippen LogP contribution in [-0.2, 0) is 11.3 Å². The van der Waals surface area contributed by atoms with E-state index in [1.165, 1.54) is 0 Å². The van der Waals surface area contributed by atoms with Crippen LogP contribution in [0.5, 0.6) is 11.5 Å². The monoisotopic (exact) mass is 255 g/mol. The number of aliphatic hydroxyl groups is 1. The summed E-state index contributed by atoms with van der Waals surface area (Å²) >= 11 is 0. The van der Waals surface area contributed by atoms with Crippen LogP contribution in [0.3, 0.4) is 0 Å². The van der Waals surface area contributed by atoms with Gasteiger partial charge in [0, 0.05) is 13.7 Å². The van der Waals surface area contributed by atoms with Crippen LogP contribution in [0.15, 0.2) is 12.1 Å². The van der Waals surface area contributed by atoms with Gasteiger partial charge >= 0.3 is 0 Å². The van der Waals surface area contributed by atoms with Crippen molar-refractivity contribution < 1.29 is 19.3 Å². The van der Waals surface area contributed by atoms with E-state index in [1.54, 1.807) is 28.4 Å². The number of likely N-dealkylation sites (N-methyl/N-ethyl adjacent to an activating group) is 1. The zero-order valence-electron chi connectivity index (χ0n) is 11.3. The van der Waals surface area contributed by atoms with Gasteiger partial charge in [-0.2, -0.15) is 0 Å². The average molecular weight is 255 g/mol. The van der Waals surface area contributed by atoms with Gasteiger partial charge in [-0.25, -0.2) is 0 Å². The van der Waals surface area contributed by atoms with Crippen LogP contribution in [0, 0.1) is 0 Å². The summed E-state index contributed by atoms with van der Waals surface area (Å²) in [5.41, 5.74) is 1.58. The summed E-state index contributed by atoms with van der Waals surface area (Å²) in [7, 11) is 6.55. The fourth-order valence-corrected chi connectivity index (χ4v) is 1.87. The highest BCUT2D eigenvalue weighted by Crippen LogP contribution is 2.35. The van der Waals surface area contributed by atoms with Crippen LogP contribution in [0.25, 0.3) is 0 Å². The molecule has 0 bridgehead atoms. The van der Waals surface area contributed by atoms with Crippen LogP contribution in [0.4, 0.5) is 0 Å². The molecule has 5 nitrogen and oxygen atoms in total. The molecular formula is C13H21NO4. The number of nitrogens with one attached hydrogen (secondary N) is 1. The van der Waals surface area contributed by atoms with E-state index in [0.29, 0.717) is 30.2 Å². The number of ether oxygens (including phenoxy) is 3. The first-order valence-electron chi connectivity index (χ1n) is 5.74. The Bertz CT molecular complexity index is 356. The number of hydrogen-bond donors (Lipinski definition) is 2. The van der Waals surface area contributed by atoms with E-state index < -0.39 is 6.10 Å². The van der Waals surface area contributed by atoms with Crippen molar-refractivity contribution in [3.8, 4) is 11.5 Å². The number of benzene rings is 1.